The molecule has 0 aliphatic rings. The minimum atomic E-state index is -3.75. The van der Waals surface area contributed by atoms with Crippen molar-refractivity contribution in [3.63, 3.8) is 0 Å². The van der Waals surface area contributed by atoms with Gasteiger partial charge in [-0.3, -0.25) is 0 Å². The van der Waals surface area contributed by atoms with Crippen molar-refractivity contribution >= 4 is 10.0 Å². The number of halogens is 1. The molecule has 2 rings (SSSR count). The lowest BCUT2D eigenvalue weighted by Gasteiger charge is -2.06. The summed E-state index contributed by atoms with van der Waals surface area (Å²) in [6, 6.07) is 4.73. The summed E-state index contributed by atoms with van der Waals surface area (Å²) in [6.07, 6.45) is 4.50. The molecule has 1 aromatic carbocycles. The van der Waals surface area contributed by atoms with Crippen LogP contribution >= 0.6 is 0 Å². The molecule has 1 aromatic heterocycles. The van der Waals surface area contributed by atoms with E-state index in [1.807, 2.05) is 0 Å². The van der Waals surface area contributed by atoms with Crippen molar-refractivity contribution in [1.29, 1.82) is 5.26 Å². The van der Waals surface area contributed by atoms with E-state index in [1.54, 1.807) is 18.5 Å². The third-order valence-electron chi connectivity index (χ3n) is 2.81. The fourth-order valence-electron chi connectivity index (χ4n) is 1.74. The topological polar surface area (TPSA) is 98.6 Å². The highest BCUT2D eigenvalue weighted by Gasteiger charge is 2.15. The first kappa shape index (κ1) is 15.2. The van der Waals surface area contributed by atoms with E-state index < -0.39 is 15.8 Å². The Morgan fingerprint density at radius 2 is 2.24 bits per heavy atom. The third-order valence-corrected chi connectivity index (χ3v) is 4.26. The van der Waals surface area contributed by atoms with E-state index in [0.29, 0.717) is 12.8 Å². The second-order valence-corrected chi connectivity index (χ2v) is 6.06. The molecule has 0 saturated heterocycles. The van der Waals surface area contributed by atoms with Gasteiger partial charge in [0.15, 0.2) is 0 Å². The number of nitrogens with one attached hydrogen (secondary N) is 2. The Morgan fingerprint density at radius 3 is 2.90 bits per heavy atom. The van der Waals surface area contributed by atoms with Crippen LogP contribution in [0.4, 0.5) is 4.39 Å². The van der Waals surface area contributed by atoms with Gasteiger partial charge in [0, 0.05) is 25.4 Å². The summed E-state index contributed by atoms with van der Waals surface area (Å²) in [5, 5.41) is 8.71. The van der Waals surface area contributed by atoms with Crippen LogP contribution in [0.3, 0.4) is 0 Å². The van der Waals surface area contributed by atoms with Gasteiger partial charge in [-0.25, -0.2) is 22.5 Å². The number of imidazole rings is 1. The minimum Gasteiger partial charge on any atom is -0.349 e. The van der Waals surface area contributed by atoms with Gasteiger partial charge in [-0.1, -0.05) is 0 Å². The highest BCUT2D eigenvalue weighted by Crippen LogP contribution is 2.14. The van der Waals surface area contributed by atoms with E-state index in [-0.39, 0.29) is 17.0 Å². The second kappa shape index (κ2) is 6.47. The fourth-order valence-corrected chi connectivity index (χ4v) is 2.84. The summed E-state index contributed by atoms with van der Waals surface area (Å²) in [7, 11) is -3.75. The third kappa shape index (κ3) is 3.87. The average molecular weight is 308 g/mol. The lowest BCUT2D eigenvalue weighted by molar-refractivity contribution is 0.577. The highest BCUT2D eigenvalue weighted by atomic mass is 32.2. The van der Waals surface area contributed by atoms with Crippen LogP contribution in [-0.4, -0.2) is 24.9 Å². The van der Waals surface area contributed by atoms with Crippen LogP contribution in [0.5, 0.6) is 0 Å². The number of hydrogen-bond acceptors (Lipinski definition) is 4. The van der Waals surface area contributed by atoms with Gasteiger partial charge in [-0.15, -0.1) is 0 Å². The summed E-state index contributed by atoms with van der Waals surface area (Å²) in [4.78, 5) is 6.83. The number of nitrogens with zero attached hydrogens (tertiary/aromatic N) is 2. The first-order valence-electron chi connectivity index (χ1n) is 6.20. The van der Waals surface area contributed by atoms with Crippen molar-refractivity contribution in [1.82, 2.24) is 14.7 Å². The number of hydrogen-bond donors (Lipinski definition) is 2. The largest absolute Gasteiger partial charge is 0.349 e. The van der Waals surface area contributed by atoms with E-state index in [1.165, 1.54) is 0 Å². The van der Waals surface area contributed by atoms with Gasteiger partial charge < -0.3 is 4.98 Å². The molecular weight excluding hydrogens is 295 g/mol. The first-order chi connectivity index (χ1) is 10.0. The number of rotatable bonds is 6. The van der Waals surface area contributed by atoms with Crippen molar-refractivity contribution in [2.45, 2.75) is 17.7 Å². The number of H-pyrrole nitrogens is 1. The van der Waals surface area contributed by atoms with Crippen molar-refractivity contribution in [3.8, 4) is 6.07 Å². The highest BCUT2D eigenvalue weighted by molar-refractivity contribution is 7.89. The van der Waals surface area contributed by atoms with Crippen molar-refractivity contribution < 1.29 is 12.8 Å². The predicted octanol–water partition coefficient (Wildman–Crippen LogP) is 1.33. The average Bonchev–Trinajstić information content (AvgIpc) is 2.97. The zero-order valence-electron chi connectivity index (χ0n) is 11.0. The molecule has 0 amide bonds. The monoisotopic (exact) mass is 308 g/mol. The first-order valence-corrected chi connectivity index (χ1v) is 7.69. The SMILES string of the molecule is N#Cc1cc(S(=O)(=O)NCCCc2ncc[nH]2)ccc1F. The number of aryl methyl sites for hydroxylation is 1. The summed E-state index contributed by atoms with van der Waals surface area (Å²) in [5.41, 5.74) is -0.298. The summed E-state index contributed by atoms with van der Waals surface area (Å²) in [5.74, 6) is 0.0389. The smallest absolute Gasteiger partial charge is 0.240 e. The lowest BCUT2D eigenvalue weighted by atomic mass is 10.2. The maximum atomic E-state index is 13.2. The van der Waals surface area contributed by atoms with Gasteiger partial charge in [0.05, 0.1) is 10.5 Å². The molecule has 0 unspecified atom stereocenters. The van der Waals surface area contributed by atoms with Gasteiger partial charge in [0.2, 0.25) is 10.0 Å². The zero-order valence-corrected chi connectivity index (χ0v) is 11.8. The van der Waals surface area contributed by atoms with Gasteiger partial charge >= 0.3 is 0 Å². The van der Waals surface area contributed by atoms with Gasteiger partial charge in [0.1, 0.15) is 17.7 Å². The molecule has 0 fully saturated rings. The lowest BCUT2D eigenvalue weighted by Crippen LogP contribution is -2.25. The van der Waals surface area contributed by atoms with Crippen LogP contribution in [0.15, 0.2) is 35.5 Å². The number of benzene rings is 1. The summed E-state index contributed by atoms with van der Waals surface area (Å²) < 4.78 is 39.6. The van der Waals surface area contributed by atoms with Crippen molar-refractivity contribution in [2.75, 3.05) is 6.54 Å². The Labute approximate surface area is 121 Å². The second-order valence-electron chi connectivity index (χ2n) is 4.29. The van der Waals surface area contributed by atoms with E-state index in [0.717, 1.165) is 24.0 Å². The molecule has 2 aromatic rings. The molecule has 0 spiro atoms. The Bertz CT molecular complexity index is 751. The molecule has 0 radical (unpaired) electrons. The molecular formula is C13H13FN4O2S. The number of nitriles is 1. The zero-order chi connectivity index (χ0) is 15.3. The normalized spacial score (nSPS) is 11.2. The Morgan fingerprint density at radius 1 is 1.43 bits per heavy atom. The molecule has 0 bridgehead atoms. The summed E-state index contributed by atoms with van der Waals surface area (Å²) >= 11 is 0. The molecule has 21 heavy (non-hydrogen) atoms. The van der Waals surface area contributed by atoms with Gasteiger partial charge in [-0.05, 0) is 24.6 Å². The van der Waals surface area contributed by atoms with E-state index in [9.17, 15) is 12.8 Å². The van der Waals surface area contributed by atoms with Crippen LogP contribution in [-0.2, 0) is 16.4 Å². The molecule has 8 heteroatoms. The standard InChI is InChI=1S/C13H13FN4O2S/c14-12-4-3-11(8-10(12)9-15)21(19,20)18-5-1-2-13-16-6-7-17-13/h3-4,6-8,18H,1-2,5H2,(H,16,17). The van der Waals surface area contributed by atoms with Gasteiger partial charge in [0.25, 0.3) is 0 Å². The Balaban J connectivity index is 1.97. The van der Waals surface area contributed by atoms with Crippen LogP contribution in [0, 0.1) is 17.1 Å². The molecule has 1 heterocycles. The van der Waals surface area contributed by atoms with E-state index in [2.05, 4.69) is 14.7 Å². The maximum absolute atomic E-state index is 13.2. The van der Waals surface area contributed by atoms with Crippen LogP contribution in [0.2, 0.25) is 0 Å². The quantitative estimate of drug-likeness (QED) is 0.786. The maximum Gasteiger partial charge on any atom is 0.240 e. The molecule has 0 atom stereocenters. The van der Waals surface area contributed by atoms with E-state index in [4.69, 9.17) is 5.26 Å². The number of aromatic amines is 1. The Hall–Kier alpha value is -2.24. The van der Waals surface area contributed by atoms with Gasteiger partial charge in [-0.2, -0.15) is 5.26 Å². The van der Waals surface area contributed by atoms with Crippen LogP contribution in [0.1, 0.15) is 17.8 Å². The molecule has 0 aliphatic heterocycles. The molecule has 0 aliphatic carbocycles. The molecule has 2 N–H and O–H groups in total. The fraction of sp³-hybridized carbons (Fsp3) is 0.231. The van der Waals surface area contributed by atoms with Crippen molar-refractivity contribution in [3.05, 3.63) is 47.8 Å². The van der Waals surface area contributed by atoms with E-state index >= 15 is 0 Å². The number of aromatic nitrogens is 2. The molecule has 0 saturated carbocycles. The molecule has 6 nitrogen and oxygen atoms in total. The van der Waals surface area contributed by atoms with Crippen LogP contribution < -0.4 is 4.72 Å². The number of sulfonamides is 1. The molecule has 110 valence electrons. The summed E-state index contributed by atoms with van der Waals surface area (Å²) in [6.45, 7) is 0.225. The predicted molar refractivity (Wildman–Crippen MR) is 73.2 cm³/mol. The van der Waals surface area contributed by atoms with Crippen LogP contribution in [0.25, 0.3) is 0 Å². The Kier molecular flexibility index (Phi) is 4.67. The minimum absolute atomic E-state index is 0.126. The van der Waals surface area contributed by atoms with Crippen molar-refractivity contribution in [2.24, 2.45) is 0 Å².